The molecule has 0 aliphatic heterocycles. The summed E-state index contributed by atoms with van der Waals surface area (Å²) in [5, 5.41) is 23.5. The third-order valence-corrected chi connectivity index (χ3v) is 8.57. The van der Waals surface area contributed by atoms with E-state index in [9.17, 15) is 10.2 Å². The van der Waals surface area contributed by atoms with Gasteiger partial charge in [0.1, 0.15) is 12.4 Å². The zero-order chi connectivity index (χ0) is 16.0. The molecule has 2 saturated carbocycles. The van der Waals surface area contributed by atoms with Crippen LogP contribution < -0.4 is 0 Å². The lowest BCUT2D eigenvalue weighted by atomic mass is 9.70. The Morgan fingerprint density at radius 3 is 2.29 bits per heavy atom. The van der Waals surface area contributed by atoms with Crippen LogP contribution in [0.25, 0.3) is 0 Å². The molecule has 3 nitrogen and oxygen atoms in total. The Balaban J connectivity index is 2.22. The van der Waals surface area contributed by atoms with E-state index in [1.165, 1.54) is 6.42 Å². The summed E-state index contributed by atoms with van der Waals surface area (Å²) in [5.41, 5.74) is 0.221. The SMILES string of the molecule is CCN(CC)C(O)=C[S+](C)[C@H]1C(O)[C@]2(C)CC[C@H]1C2(C)C. The molecule has 2 unspecified atom stereocenters. The van der Waals surface area contributed by atoms with Gasteiger partial charge in [-0.05, 0) is 32.1 Å². The van der Waals surface area contributed by atoms with Crippen LogP contribution in [0.1, 0.15) is 47.5 Å². The van der Waals surface area contributed by atoms with Gasteiger partial charge >= 0.3 is 0 Å². The van der Waals surface area contributed by atoms with Crippen LogP contribution in [0.2, 0.25) is 0 Å². The normalized spacial score (nSPS) is 39.6. The Bertz CT molecular complexity index is 419. The molecule has 0 aromatic rings. The maximum absolute atomic E-state index is 10.9. The van der Waals surface area contributed by atoms with E-state index in [0.29, 0.717) is 11.8 Å². The third kappa shape index (κ3) is 2.39. The Morgan fingerprint density at radius 2 is 1.86 bits per heavy atom. The molecular weight excluding hydrogens is 282 g/mol. The minimum atomic E-state index is -0.250. The second-order valence-electron chi connectivity index (χ2n) is 7.45. The molecular formula is C17H32NO2S+. The highest BCUT2D eigenvalue weighted by atomic mass is 32.2. The Labute approximate surface area is 132 Å². The van der Waals surface area contributed by atoms with Crippen LogP contribution in [0.5, 0.6) is 0 Å². The van der Waals surface area contributed by atoms with Gasteiger partial charge in [-0.25, -0.2) is 0 Å². The summed E-state index contributed by atoms with van der Waals surface area (Å²) in [6.45, 7) is 12.6. The first kappa shape index (κ1) is 17.0. The molecule has 2 aliphatic rings. The van der Waals surface area contributed by atoms with Gasteiger partial charge in [0.25, 0.3) is 0 Å². The number of rotatable bonds is 5. The molecule has 0 saturated heterocycles. The Morgan fingerprint density at radius 1 is 1.29 bits per heavy atom. The van der Waals surface area contributed by atoms with Crippen molar-refractivity contribution < 1.29 is 10.2 Å². The van der Waals surface area contributed by atoms with E-state index >= 15 is 0 Å². The molecule has 0 aromatic heterocycles. The summed E-state index contributed by atoms with van der Waals surface area (Å²) >= 11 is 0. The van der Waals surface area contributed by atoms with Gasteiger partial charge in [-0.2, -0.15) is 0 Å². The van der Waals surface area contributed by atoms with Crippen molar-refractivity contribution in [2.75, 3.05) is 19.3 Å². The molecule has 2 aliphatic carbocycles. The van der Waals surface area contributed by atoms with Gasteiger partial charge in [0, 0.05) is 35.3 Å². The standard InChI is InChI=1S/C17H31NO2S/c1-7-18(8-2)13(19)11-21(6)14-12-9-10-17(5,15(14)20)16(12,3)4/h11-12,14-15,20H,7-10H2,1-6H3/p+1/t12-,14-,15?,17+,21?/m1/s1. The molecule has 0 heterocycles. The topological polar surface area (TPSA) is 43.7 Å². The predicted octanol–water partition coefficient (Wildman–Crippen LogP) is 3.12. The van der Waals surface area contributed by atoms with E-state index in [4.69, 9.17) is 0 Å². The van der Waals surface area contributed by atoms with Gasteiger partial charge in [0.05, 0.1) is 0 Å². The molecule has 2 N–H and O–H groups in total. The first-order valence-corrected chi connectivity index (χ1v) is 9.94. The number of nitrogens with zero attached hydrogens (tertiary/aromatic N) is 1. The van der Waals surface area contributed by atoms with Crippen LogP contribution in [0.15, 0.2) is 11.3 Å². The summed E-state index contributed by atoms with van der Waals surface area (Å²) in [6, 6.07) is 0. The lowest BCUT2D eigenvalue weighted by Crippen LogP contribution is -2.42. The lowest BCUT2D eigenvalue weighted by Gasteiger charge is -2.36. The van der Waals surface area contributed by atoms with Gasteiger partial charge in [-0.3, -0.25) is 0 Å². The molecule has 2 bridgehead atoms. The maximum atomic E-state index is 10.9. The van der Waals surface area contributed by atoms with Gasteiger partial charge < -0.3 is 15.1 Å². The van der Waals surface area contributed by atoms with E-state index in [0.717, 1.165) is 19.5 Å². The molecule has 5 atom stereocenters. The Kier molecular flexibility index (Phi) is 4.61. The second-order valence-corrected chi connectivity index (χ2v) is 9.44. The summed E-state index contributed by atoms with van der Waals surface area (Å²) in [5.74, 6) is 0.940. The van der Waals surface area contributed by atoms with Crippen molar-refractivity contribution in [1.29, 1.82) is 0 Å². The van der Waals surface area contributed by atoms with Crippen molar-refractivity contribution in [3.8, 4) is 0 Å². The van der Waals surface area contributed by atoms with Gasteiger partial charge in [0.15, 0.2) is 10.7 Å². The summed E-state index contributed by atoms with van der Waals surface area (Å²) < 4.78 is 0. The zero-order valence-corrected chi connectivity index (χ0v) is 15.2. The maximum Gasteiger partial charge on any atom is 0.236 e. The average molecular weight is 315 g/mol. The van der Waals surface area contributed by atoms with Crippen molar-refractivity contribution in [2.45, 2.75) is 58.8 Å². The van der Waals surface area contributed by atoms with Crippen molar-refractivity contribution in [2.24, 2.45) is 16.7 Å². The summed E-state index contributed by atoms with van der Waals surface area (Å²) in [6.07, 6.45) is 4.27. The zero-order valence-electron chi connectivity index (χ0n) is 14.4. The molecule has 122 valence electrons. The van der Waals surface area contributed by atoms with Crippen molar-refractivity contribution in [3.05, 3.63) is 11.3 Å². The fourth-order valence-corrected chi connectivity index (χ4v) is 6.92. The number of hydrogen-bond donors (Lipinski definition) is 2. The first-order chi connectivity index (χ1) is 9.70. The molecule has 0 amide bonds. The summed E-state index contributed by atoms with van der Waals surface area (Å²) in [7, 11) is -0.105. The van der Waals surface area contributed by atoms with Crippen LogP contribution in [-0.4, -0.2) is 45.8 Å². The highest BCUT2D eigenvalue weighted by Crippen LogP contribution is 2.66. The molecule has 4 heteroatoms. The lowest BCUT2D eigenvalue weighted by molar-refractivity contribution is 0.0146. The average Bonchev–Trinajstić information content (AvgIpc) is 2.72. The second kappa shape index (κ2) is 5.69. The fourth-order valence-electron chi connectivity index (χ4n) is 4.58. The first-order valence-electron chi connectivity index (χ1n) is 8.18. The van der Waals surface area contributed by atoms with Crippen LogP contribution in [0, 0.1) is 16.7 Å². The molecule has 21 heavy (non-hydrogen) atoms. The smallest absolute Gasteiger partial charge is 0.236 e. The number of hydrogen-bond acceptors (Lipinski definition) is 3. The number of aliphatic hydroxyl groups excluding tert-OH is 2. The minimum absolute atomic E-state index is 0.0300. The van der Waals surface area contributed by atoms with Crippen LogP contribution in [0.3, 0.4) is 0 Å². The quantitative estimate of drug-likeness (QED) is 0.605. The monoisotopic (exact) mass is 314 g/mol. The van der Waals surface area contributed by atoms with Crippen LogP contribution >= 0.6 is 0 Å². The highest BCUT2D eigenvalue weighted by Gasteiger charge is 2.70. The van der Waals surface area contributed by atoms with Gasteiger partial charge in [-0.1, -0.05) is 20.8 Å². The van der Waals surface area contributed by atoms with Crippen molar-refractivity contribution in [3.63, 3.8) is 0 Å². The van der Waals surface area contributed by atoms with Crippen LogP contribution in [0.4, 0.5) is 0 Å². The molecule has 0 spiro atoms. The van der Waals surface area contributed by atoms with E-state index in [1.807, 2.05) is 10.3 Å². The number of fused-ring (bicyclic) bond motifs is 2. The molecule has 2 fully saturated rings. The minimum Gasteiger partial charge on any atom is -0.492 e. The molecule has 0 radical (unpaired) electrons. The molecule has 2 rings (SSSR count). The third-order valence-electron chi connectivity index (χ3n) is 6.54. The van der Waals surface area contributed by atoms with Crippen molar-refractivity contribution in [1.82, 2.24) is 4.90 Å². The van der Waals surface area contributed by atoms with Gasteiger partial charge in [-0.15, -0.1) is 0 Å². The molecule has 0 aromatic carbocycles. The highest BCUT2D eigenvalue weighted by molar-refractivity contribution is 7.99. The predicted molar refractivity (Wildman–Crippen MR) is 91.3 cm³/mol. The van der Waals surface area contributed by atoms with Gasteiger partial charge in [0.2, 0.25) is 5.88 Å². The van der Waals surface area contributed by atoms with Crippen LogP contribution in [-0.2, 0) is 10.9 Å². The van der Waals surface area contributed by atoms with E-state index in [1.54, 1.807) is 0 Å². The van der Waals surface area contributed by atoms with E-state index in [2.05, 4.69) is 40.9 Å². The van der Waals surface area contributed by atoms with Crippen molar-refractivity contribution >= 4 is 10.9 Å². The van der Waals surface area contributed by atoms with E-state index < -0.39 is 0 Å². The fraction of sp³-hybridized carbons (Fsp3) is 0.882. The van der Waals surface area contributed by atoms with E-state index in [-0.39, 0.29) is 33.1 Å². The Hall–Kier alpha value is -0.350. The number of aliphatic hydroxyl groups is 2. The largest absolute Gasteiger partial charge is 0.492 e. The summed E-state index contributed by atoms with van der Waals surface area (Å²) in [4.78, 5) is 1.97.